The molecule has 2 rings (SSSR count). The fourth-order valence-electron chi connectivity index (χ4n) is 1.46. The maximum atomic E-state index is 10.7. The van der Waals surface area contributed by atoms with Crippen molar-refractivity contribution in [2.24, 2.45) is 11.7 Å². The standard InChI is InChI=1S/C10H12N2O2/c11-9(6-1-2-6)8-5-7(10(13)14)3-4-12-8/h3-6,9H,1-2,11H2,(H,13,14)/t9-/m0/s1. The third-order valence-corrected chi connectivity index (χ3v) is 2.50. The molecule has 0 aromatic carbocycles. The predicted octanol–water partition coefficient (Wildman–Crippen LogP) is 1.19. The fraction of sp³-hybridized carbons (Fsp3) is 0.400. The van der Waals surface area contributed by atoms with Crippen molar-refractivity contribution in [1.29, 1.82) is 0 Å². The van der Waals surface area contributed by atoms with Gasteiger partial charge in [0.05, 0.1) is 11.3 Å². The molecule has 14 heavy (non-hydrogen) atoms. The van der Waals surface area contributed by atoms with Crippen LogP contribution in [0.15, 0.2) is 18.3 Å². The first-order valence-corrected chi connectivity index (χ1v) is 4.63. The van der Waals surface area contributed by atoms with Crippen LogP contribution in [0.25, 0.3) is 0 Å². The van der Waals surface area contributed by atoms with E-state index in [4.69, 9.17) is 10.8 Å². The summed E-state index contributed by atoms with van der Waals surface area (Å²) in [6, 6.07) is 2.94. The van der Waals surface area contributed by atoms with Gasteiger partial charge in [-0.3, -0.25) is 4.98 Å². The Morgan fingerprint density at radius 1 is 1.64 bits per heavy atom. The second-order valence-corrected chi connectivity index (χ2v) is 3.64. The summed E-state index contributed by atoms with van der Waals surface area (Å²) in [6.45, 7) is 0. The molecule has 0 spiro atoms. The van der Waals surface area contributed by atoms with Crippen molar-refractivity contribution in [3.05, 3.63) is 29.6 Å². The number of hydrogen-bond donors (Lipinski definition) is 2. The van der Waals surface area contributed by atoms with E-state index >= 15 is 0 Å². The van der Waals surface area contributed by atoms with Gasteiger partial charge in [-0.2, -0.15) is 0 Å². The minimum atomic E-state index is -0.934. The van der Waals surface area contributed by atoms with E-state index in [2.05, 4.69) is 4.98 Å². The average Bonchev–Trinajstić information content (AvgIpc) is 3.00. The Bertz CT molecular complexity index is 361. The van der Waals surface area contributed by atoms with Crippen LogP contribution in [0.2, 0.25) is 0 Å². The van der Waals surface area contributed by atoms with E-state index in [0.29, 0.717) is 11.6 Å². The first kappa shape index (κ1) is 9.15. The third kappa shape index (κ3) is 1.75. The van der Waals surface area contributed by atoms with Gasteiger partial charge in [0.25, 0.3) is 0 Å². The van der Waals surface area contributed by atoms with Crippen LogP contribution >= 0.6 is 0 Å². The lowest BCUT2D eigenvalue weighted by Crippen LogP contribution is -2.14. The maximum absolute atomic E-state index is 10.7. The van der Waals surface area contributed by atoms with Gasteiger partial charge in [-0.15, -0.1) is 0 Å². The summed E-state index contributed by atoms with van der Waals surface area (Å²) in [5.74, 6) is -0.441. The van der Waals surface area contributed by atoms with Gasteiger partial charge >= 0.3 is 5.97 Å². The van der Waals surface area contributed by atoms with Gasteiger partial charge in [-0.25, -0.2) is 4.79 Å². The van der Waals surface area contributed by atoms with E-state index in [1.165, 1.54) is 12.3 Å². The van der Waals surface area contributed by atoms with Crippen LogP contribution in [0.1, 0.15) is 34.9 Å². The Morgan fingerprint density at radius 3 is 2.93 bits per heavy atom. The normalized spacial score (nSPS) is 17.8. The van der Waals surface area contributed by atoms with Crippen molar-refractivity contribution in [2.75, 3.05) is 0 Å². The number of hydrogen-bond acceptors (Lipinski definition) is 3. The Labute approximate surface area is 81.8 Å². The number of pyridine rings is 1. The van der Waals surface area contributed by atoms with Gasteiger partial charge < -0.3 is 10.8 Å². The molecule has 1 saturated carbocycles. The Balaban J connectivity index is 2.24. The largest absolute Gasteiger partial charge is 0.478 e. The molecule has 0 amide bonds. The number of aromatic carboxylic acids is 1. The fourth-order valence-corrected chi connectivity index (χ4v) is 1.46. The van der Waals surface area contributed by atoms with E-state index in [-0.39, 0.29) is 11.6 Å². The summed E-state index contributed by atoms with van der Waals surface area (Å²) < 4.78 is 0. The third-order valence-electron chi connectivity index (χ3n) is 2.50. The minimum Gasteiger partial charge on any atom is -0.478 e. The molecule has 1 aromatic heterocycles. The van der Waals surface area contributed by atoms with Crippen molar-refractivity contribution in [3.8, 4) is 0 Å². The first-order valence-electron chi connectivity index (χ1n) is 4.63. The lowest BCUT2D eigenvalue weighted by molar-refractivity contribution is 0.0696. The molecule has 0 aliphatic heterocycles. The number of aromatic nitrogens is 1. The Hall–Kier alpha value is -1.42. The minimum absolute atomic E-state index is 0.103. The average molecular weight is 192 g/mol. The van der Waals surface area contributed by atoms with Crippen molar-refractivity contribution in [3.63, 3.8) is 0 Å². The molecule has 0 unspecified atom stereocenters. The summed E-state index contributed by atoms with van der Waals surface area (Å²) in [4.78, 5) is 14.8. The number of carbonyl (C=O) groups is 1. The van der Waals surface area contributed by atoms with Crippen LogP contribution in [-0.4, -0.2) is 16.1 Å². The number of carboxylic acids is 1. The molecule has 4 heteroatoms. The van der Waals surface area contributed by atoms with Crippen molar-refractivity contribution < 1.29 is 9.90 Å². The van der Waals surface area contributed by atoms with E-state index in [9.17, 15) is 4.79 Å². The van der Waals surface area contributed by atoms with E-state index < -0.39 is 5.97 Å². The van der Waals surface area contributed by atoms with E-state index in [1.54, 1.807) is 6.07 Å². The quantitative estimate of drug-likeness (QED) is 0.754. The highest BCUT2D eigenvalue weighted by atomic mass is 16.4. The second-order valence-electron chi connectivity index (χ2n) is 3.64. The Kier molecular flexibility index (Phi) is 2.21. The lowest BCUT2D eigenvalue weighted by atomic mass is 10.1. The van der Waals surface area contributed by atoms with Crippen molar-refractivity contribution in [2.45, 2.75) is 18.9 Å². The molecule has 1 aromatic rings. The molecule has 0 bridgehead atoms. The molecular weight excluding hydrogens is 180 g/mol. The van der Waals surface area contributed by atoms with Crippen LogP contribution < -0.4 is 5.73 Å². The zero-order valence-electron chi connectivity index (χ0n) is 7.68. The predicted molar refractivity (Wildman–Crippen MR) is 50.8 cm³/mol. The first-order chi connectivity index (χ1) is 6.68. The molecule has 74 valence electrons. The molecule has 1 aliphatic carbocycles. The zero-order chi connectivity index (χ0) is 10.1. The molecule has 0 radical (unpaired) electrons. The second kappa shape index (κ2) is 3.38. The molecule has 3 N–H and O–H groups in total. The van der Waals surface area contributed by atoms with Gasteiger partial charge in [0.15, 0.2) is 0 Å². The number of carboxylic acid groups (broad SMARTS) is 1. The number of nitrogens with zero attached hydrogens (tertiary/aromatic N) is 1. The summed E-state index contributed by atoms with van der Waals surface area (Å²) in [7, 11) is 0. The van der Waals surface area contributed by atoms with Crippen molar-refractivity contribution in [1.82, 2.24) is 4.98 Å². The zero-order valence-corrected chi connectivity index (χ0v) is 7.68. The number of rotatable bonds is 3. The van der Waals surface area contributed by atoms with Crippen LogP contribution in [0.5, 0.6) is 0 Å². The molecule has 4 nitrogen and oxygen atoms in total. The summed E-state index contributed by atoms with van der Waals surface area (Å²) in [5, 5.41) is 8.78. The van der Waals surface area contributed by atoms with Gasteiger partial charge in [0.2, 0.25) is 0 Å². The van der Waals surface area contributed by atoms with Gasteiger partial charge in [-0.05, 0) is 30.9 Å². The van der Waals surface area contributed by atoms with Crippen LogP contribution in [0.3, 0.4) is 0 Å². The summed E-state index contributed by atoms with van der Waals surface area (Å²) >= 11 is 0. The van der Waals surface area contributed by atoms with Crippen molar-refractivity contribution >= 4 is 5.97 Å². The number of nitrogens with two attached hydrogens (primary N) is 1. The topological polar surface area (TPSA) is 76.2 Å². The highest BCUT2D eigenvalue weighted by Gasteiger charge is 2.30. The highest BCUT2D eigenvalue weighted by Crippen LogP contribution is 2.38. The highest BCUT2D eigenvalue weighted by molar-refractivity contribution is 5.87. The lowest BCUT2D eigenvalue weighted by Gasteiger charge is -2.09. The van der Waals surface area contributed by atoms with E-state index in [0.717, 1.165) is 12.8 Å². The van der Waals surface area contributed by atoms with Gasteiger partial charge in [0, 0.05) is 12.2 Å². The molecule has 1 atom stereocenters. The molecule has 0 saturated heterocycles. The van der Waals surface area contributed by atoms with Gasteiger partial charge in [0.1, 0.15) is 0 Å². The molecule has 1 fully saturated rings. The molecule has 1 aliphatic rings. The SMILES string of the molecule is N[C@H](c1cc(C(=O)O)ccn1)C1CC1. The van der Waals surface area contributed by atoms with Crippen LogP contribution in [-0.2, 0) is 0 Å². The molecule has 1 heterocycles. The smallest absolute Gasteiger partial charge is 0.335 e. The summed E-state index contributed by atoms with van der Waals surface area (Å²) in [6.07, 6.45) is 3.75. The monoisotopic (exact) mass is 192 g/mol. The Morgan fingerprint density at radius 2 is 2.36 bits per heavy atom. The van der Waals surface area contributed by atoms with Gasteiger partial charge in [-0.1, -0.05) is 0 Å². The van der Waals surface area contributed by atoms with Crippen LogP contribution in [0, 0.1) is 5.92 Å². The summed E-state index contributed by atoms with van der Waals surface area (Å²) in [5.41, 5.74) is 6.86. The van der Waals surface area contributed by atoms with E-state index in [1.807, 2.05) is 0 Å². The maximum Gasteiger partial charge on any atom is 0.335 e. The van der Waals surface area contributed by atoms with Crippen LogP contribution in [0.4, 0.5) is 0 Å². The molecular formula is C10H12N2O2.